The van der Waals surface area contributed by atoms with E-state index in [9.17, 15) is 4.79 Å². The molecule has 2 aromatic rings. The molecule has 0 atom stereocenters. The van der Waals surface area contributed by atoms with Crippen molar-refractivity contribution < 1.29 is 5.21 Å². The van der Waals surface area contributed by atoms with Gasteiger partial charge >= 0.3 is 5.69 Å². The van der Waals surface area contributed by atoms with Gasteiger partial charge in [0.2, 0.25) is 0 Å². The third-order valence-corrected chi connectivity index (χ3v) is 3.26. The minimum Gasteiger partial charge on any atom is -0.409 e. The lowest BCUT2D eigenvalue weighted by Crippen LogP contribution is -2.16. The van der Waals surface area contributed by atoms with E-state index >= 15 is 0 Å². The van der Waals surface area contributed by atoms with Crippen molar-refractivity contribution in [3.8, 4) is 0 Å². The summed E-state index contributed by atoms with van der Waals surface area (Å²) in [6.07, 6.45) is 1.53. The smallest absolute Gasteiger partial charge is 0.343 e. The van der Waals surface area contributed by atoms with Gasteiger partial charge in [-0.2, -0.15) is 0 Å². The zero-order valence-corrected chi connectivity index (χ0v) is 10.2. The Balaban J connectivity index is 2.41. The molecule has 0 aromatic carbocycles. The van der Waals surface area contributed by atoms with Crippen LogP contribution in [0.15, 0.2) is 38.3 Å². The van der Waals surface area contributed by atoms with Gasteiger partial charge < -0.3 is 10.9 Å². The van der Waals surface area contributed by atoms with Crippen LogP contribution in [-0.4, -0.2) is 30.8 Å². The van der Waals surface area contributed by atoms with Crippen LogP contribution in [0.3, 0.4) is 0 Å². The minimum atomic E-state index is -0.313. The third-order valence-electron chi connectivity index (χ3n) is 2.16. The predicted octanol–water partition coefficient (Wildman–Crippen LogP) is -0.251. The van der Waals surface area contributed by atoms with Gasteiger partial charge in [-0.1, -0.05) is 5.16 Å². The van der Waals surface area contributed by atoms with Gasteiger partial charge in [-0.25, -0.2) is 9.89 Å². The molecular weight excluding hydrogens is 256 g/mol. The number of nitrogens with two attached hydrogens (primary N) is 1. The van der Waals surface area contributed by atoms with Gasteiger partial charge in [-0.3, -0.25) is 9.55 Å². The number of H-pyrrole nitrogens is 1. The highest BCUT2D eigenvalue weighted by atomic mass is 32.2. The third kappa shape index (κ3) is 2.20. The normalized spacial score (nSPS) is 11.7. The first-order chi connectivity index (χ1) is 8.63. The van der Waals surface area contributed by atoms with Crippen molar-refractivity contribution in [1.82, 2.24) is 19.7 Å². The van der Waals surface area contributed by atoms with Gasteiger partial charge in [0, 0.05) is 18.1 Å². The van der Waals surface area contributed by atoms with Crippen LogP contribution in [0.4, 0.5) is 0 Å². The summed E-state index contributed by atoms with van der Waals surface area (Å²) < 4.78 is 1.35. The lowest BCUT2D eigenvalue weighted by Gasteiger charge is -2.05. The zero-order valence-electron chi connectivity index (χ0n) is 9.36. The maximum Gasteiger partial charge on any atom is 0.343 e. The largest absolute Gasteiger partial charge is 0.409 e. The topological polar surface area (TPSA) is 122 Å². The fraction of sp³-hybridized carbons (Fsp3) is 0.111. The number of nitrogens with zero attached hydrogens (tertiary/aromatic N) is 4. The second kappa shape index (κ2) is 4.92. The number of aromatic amines is 1. The Labute approximate surface area is 106 Å². The van der Waals surface area contributed by atoms with Crippen molar-refractivity contribution in [3.05, 3.63) is 34.5 Å². The van der Waals surface area contributed by atoms with Crippen molar-refractivity contribution in [2.24, 2.45) is 17.9 Å². The molecule has 0 radical (unpaired) electrons. The molecule has 4 N–H and O–H groups in total. The zero-order chi connectivity index (χ0) is 13.1. The summed E-state index contributed by atoms with van der Waals surface area (Å²) in [6.45, 7) is 0. The predicted molar refractivity (Wildman–Crippen MR) is 64.7 cm³/mol. The van der Waals surface area contributed by atoms with E-state index in [4.69, 9.17) is 10.9 Å². The van der Waals surface area contributed by atoms with Crippen molar-refractivity contribution >= 4 is 17.6 Å². The Morgan fingerprint density at radius 3 is 3.06 bits per heavy atom. The monoisotopic (exact) mass is 266 g/mol. The van der Waals surface area contributed by atoms with E-state index in [0.29, 0.717) is 15.7 Å². The highest BCUT2D eigenvalue weighted by molar-refractivity contribution is 7.99. The van der Waals surface area contributed by atoms with Crippen LogP contribution in [0, 0.1) is 0 Å². The number of amidine groups is 1. The van der Waals surface area contributed by atoms with Crippen molar-refractivity contribution in [2.75, 3.05) is 0 Å². The Morgan fingerprint density at radius 2 is 2.44 bits per heavy atom. The molecule has 0 aliphatic heterocycles. The van der Waals surface area contributed by atoms with Crippen LogP contribution < -0.4 is 11.4 Å². The second-order valence-corrected chi connectivity index (χ2v) is 4.32. The Morgan fingerprint density at radius 1 is 1.67 bits per heavy atom. The molecule has 2 rings (SSSR count). The van der Waals surface area contributed by atoms with Gasteiger partial charge in [-0.15, -0.1) is 5.10 Å². The summed E-state index contributed by atoms with van der Waals surface area (Å²) in [7, 11) is 1.59. The molecule has 0 amide bonds. The molecule has 0 spiro atoms. The summed E-state index contributed by atoms with van der Waals surface area (Å²) in [5, 5.41) is 18.2. The van der Waals surface area contributed by atoms with Gasteiger partial charge in [-0.05, 0) is 23.9 Å². The Kier molecular flexibility index (Phi) is 3.33. The average molecular weight is 266 g/mol. The first-order valence-corrected chi connectivity index (χ1v) is 5.67. The van der Waals surface area contributed by atoms with Crippen molar-refractivity contribution in [3.63, 3.8) is 0 Å². The molecule has 0 bridgehead atoms. The number of hydrogen-bond acceptors (Lipinski definition) is 6. The van der Waals surface area contributed by atoms with Crippen LogP contribution in [0.2, 0.25) is 0 Å². The fourth-order valence-electron chi connectivity index (χ4n) is 1.23. The minimum absolute atomic E-state index is 0.0985. The number of nitrogens with one attached hydrogen (secondary N) is 1. The number of hydrogen-bond donors (Lipinski definition) is 3. The number of oxime groups is 1. The fourth-order valence-corrected chi connectivity index (χ4v) is 2.14. The molecule has 0 saturated heterocycles. The summed E-state index contributed by atoms with van der Waals surface area (Å²) in [4.78, 5) is 15.9. The summed E-state index contributed by atoms with van der Waals surface area (Å²) >= 11 is 1.19. The highest BCUT2D eigenvalue weighted by Crippen LogP contribution is 2.26. The first-order valence-electron chi connectivity index (χ1n) is 4.85. The van der Waals surface area contributed by atoms with Gasteiger partial charge in [0.25, 0.3) is 0 Å². The van der Waals surface area contributed by atoms with E-state index in [-0.39, 0.29) is 11.5 Å². The number of aromatic nitrogens is 4. The Hall–Kier alpha value is -2.29. The summed E-state index contributed by atoms with van der Waals surface area (Å²) in [5.41, 5.74) is 5.54. The standard InChI is InChI=1S/C9H10N6O2S/c1-15-8(16)12-13-9(15)18-5-3-2-4-11-6(5)7(10)14-17/h2-4,17H,1H3,(H2,10,14)(H,12,16). The maximum absolute atomic E-state index is 11.2. The first kappa shape index (κ1) is 12.2. The van der Waals surface area contributed by atoms with Gasteiger partial charge in [0.1, 0.15) is 5.69 Å². The molecule has 2 aromatic heterocycles. The van der Waals surface area contributed by atoms with Crippen LogP contribution in [0.25, 0.3) is 0 Å². The molecule has 0 aliphatic carbocycles. The molecule has 0 fully saturated rings. The van der Waals surface area contributed by atoms with E-state index in [1.165, 1.54) is 22.5 Å². The van der Waals surface area contributed by atoms with Crippen molar-refractivity contribution in [1.29, 1.82) is 0 Å². The lowest BCUT2D eigenvalue weighted by atomic mass is 10.3. The maximum atomic E-state index is 11.2. The molecule has 2 heterocycles. The molecule has 0 saturated carbocycles. The van der Waals surface area contributed by atoms with Gasteiger partial charge in [0.05, 0.1) is 0 Å². The van der Waals surface area contributed by atoms with E-state index in [0.717, 1.165) is 0 Å². The quantitative estimate of drug-likeness (QED) is 0.305. The summed E-state index contributed by atoms with van der Waals surface area (Å²) in [6, 6.07) is 3.45. The van der Waals surface area contributed by atoms with Crippen LogP contribution in [-0.2, 0) is 7.05 Å². The van der Waals surface area contributed by atoms with E-state index in [1.807, 2.05) is 0 Å². The van der Waals surface area contributed by atoms with Crippen molar-refractivity contribution in [2.45, 2.75) is 10.1 Å². The SMILES string of the molecule is Cn1c(Sc2cccnc2/C(N)=N/O)n[nH]c1=O. The molecule has 0 aliphatic rings. The average Bonchev–Trinajstić information content (AvgIpc) is 2.70. The lowest BCUT2D eigenvalue weighted by molar-refractivity contribution is 0.318. The Bertz CT molecular complexity index is 647. The highest BCUT2D eigenvalue weighted by Gasteiger charge is 2.13. The van der Waals surface area contributed by atoms with Crippen LogP contribution in [0.5, 0.6) is 0 Å². The summed E-state index contributed by atoms with van der Waals surface area (Å²) in [5.74, 6) is -0.0985. The molecule has 8 nitrogen and oxygen atoms in total. The molecular formula is C9H10N6O2S. The van der Waals surface area contributed by atoms with E-state index in [2.05, 4.69) is 20.3 Å². The van der Waals surface area contributed by atoms with Crippen LogP contribution >= 0.6 is 11.8 Å². The molecule has 0 unspecified atom stereocenters. The molecule has 94 valence electrons. The van der Waals surface area contributed by atoms with E-state index < -0.39 is 0 Å². The van der Waals surface area contributed by atoms with Gasteiger partial charge in [0.15, 0.2) is 11.0 Å². The van der Waals surface area contributed by atoms with Crippen LogP contribution in [0.1, 0.15) is 5.69 Å². The second-order valence-electron chi connectivity index (χ2n) is 3.31. The number of rotatable bonds is 3. The van der Waals surface area contributed by atoms with E-state index in [1.54, 1.807) is 19.2 Å². The number of pyridine rings is 1. The molecule has 18 heavy (non-hydrogen) atoms. The molecule has 9 heteroatoms.